The van der Waals surface area contributed by atoms with Crippen molar-refractivity contribution in [2.75, 3.05) is 5.32 Å². The first kappa shape index (κ1) is 10.2. The SMILES string of the molecule is O=C1CC(=O)c2cc(F)c(Br)c(F)c2N1. The van der Waals surface area contributed by atoms with Crippen LogP contribution in [0.2, 0.25) is 0 Å². The number of hydrogen-bond donors (Lipinski definition) is 1. The molecule has 1 aromatic rings. The van der Waals surface area contributed by atoms with Crippen molar-refractivity contribution in [3.05, 3.63) is 27.7 Å². The molecule has 3 nitrogen and oxygen atoms in total. The van der Waals surface area contributed by atoms with Crippen LogP contribution in [-0.2, 0) is 4.79 Å². The average Bonchev–Trinajstić information content (AvgIpc) is 2.17. The van der Waals surface area contributed by atoms with E-state index < -0.39 is 27.8 Å². The Balaban J connectivity index is 2.71. The van der Waals surface area contributed by atoms with Crippen molar-refractivity contribution in [2.24, 2.45) is 0 Å². The maximum absolute atomic E-state index is 13.4. The summed E-state index contributed by atoms with van der Waals surface area (Å²) in [5, 5.41) is 2.20. The van der Waals surface area contributed by atoms with Crippen molar-refractivity contribution in [3.63, 3.8) is 0 Å². The highest BCUT2D eigenvalue weighted by Crippen LogP contribution is 2.32. The number of hydrogen-bond acceptors (Lipinski definition) is 2. The third kappa shape index (κ3) is 1.54. The van der Waals surface area contributed by atoms with Crippen LogP contribution in [0.1, 0.15) is 16.8 Å². The molecule has 0 saturated carbocycles. The lowest BCUT2D eigenvalue weighted by molar-refractivity contribution is -0.115. The van der Waals surface area contributed by atoms with Crippen molar-refractivity contribution in [3.8, 4) is 0 Å². The second kappa shape index (κ2) is 3.37. The van der Waals surface area contributed by atoms with Crippen LogP contribution in [0.5, 0.6) is 0 Å². The number of rotatable bonds is 0. The highest BCUT2D eigenvalue weighted by molar-refractivity contribution is 9.10. The van der Waals surface area contributed by atoms with Gasteiger partial charge in [-0.05, 0) is 22.0 Å². The van der Waals surface area contributed by atoms with Crippen molar-refractivity contribution < 1.29 is 18.4 Å². The van der Waals surface area contributed by atoms with Crippen LogP contribution in [0.25, 0.3) is 0 Å². The van der Waals surface area contributed by atoms with Crippen LogP contribution in [0.4, 0.5) is 14.5 Å². The first-order chi connectivity index (χ1) is 7.00. The summed E-state index contributed by atoms with van der Waals surface area (Å²) in [5.41, 5.74) is -0.391. The number of Topliss-reactive ketones (excluding diaryl/α,β-unsaturated/α-hetero) is 1. The van der Waals surface area contributed by atoms with E-state index in [9.17, 15) is 18.4 Å². The number of benzene rings is 1. The van der Waals surface area contributed by atoms with Gasteiger partial charge in [-0.15, -0.1) is 0 Å². The molecule has 0 bridgehead atoms. The highest BCUT2D eigenvalue weighted by Gasteiger charge is 2.28. The van der Waals surface area contributed by atoms with Crippen LogP contribution in [0, 0.1) is 11.6 Å². The molecule has 1 heterocycles. The van der Waals surface area contributed by atoms with E-state index in [1.54, 1.807) is 0 Å². The Bertz CT molecular complexity index is 487. The van der Waals surface area contributed by atoms with Gasteiger partial charge in [0, 0.05) is 5.56 Å². The first-order valence-corrected chi connectivity index (χ1v) is 4.80. The third-order valence-electron chi connectivity index (χ3n) is 2.05. The van der Waals surface area contributed by atoms with Gasteiger partial charge in [0.15, 0.2) is 11.6 Å². The Hall–Kier alpha value is -1.30. The summed E-state index contributed by atoms with van der Waals surface area (Å²) in [6.45, 7) is 0. The quantitative estimate of drug-likeness (QED) is 0.583. The number of carbonyl (C=O) groups is 2. The van der Waals surface area contributed by atoms with Gasteiger partial charge in [-0.1, -0.05) is 0 Å². The van der Waals surface area contributed by atoms with Crippen LogP contribution in [0.15, 0.2) is 10.5 Å². The molecule has 0 radical (unpaired) electrons. The lowest BCUT2D eigenvalue weighted by Gasteiger charge is -2.17. The minimum atomic E-state index is -0.966. The van der Waals surface area contributed by atoms with Gasteiger partial charge in [0.2, 0.25) is 5.91 Å². The zero-order chi connectivity index (χ0) is 11.2. The lowest BCUT2D eigenvalue weighted by Crippen LogP contribution is -2.25. The zero-order valence-corrected chi connectivity index (χ0v) is 8.82. The number of fused-ring (bicyclic) bond motifs is 1. The minimum Gasteiger partial charge on any atom is -0.323 e. The fraction of sp³-hybridized carbons (Fsp3) is 0.111. The topological polar surface area (TPSA) is 46.2 Å². The molecule has 1 aromatic carbocycles. The molecule has 1 N–H and O–H groups in total. The molecule has 0 saturated heterocycles. The molecule has 2 rings (SSSR count). The van der Waals surface area contributed by atoms with Crippen molar-refractivity contribution in [1.29, 1.82) is 0 Å². The van der Waals surface area contributed by atoms with E-state index in [4.69, 9.17) is 0 Å². The van der Waals surface area contributed by atoms with Gasteiger partial charge in [-0.3, -0.25) is 9.59 Å². The second-order valence-electron chi connectivity index (χ2n) is 3.06. The second-order valence-corrected chi connectivity index (χ2v) is 3.85. The Kier molecular flexibility index (Phi) is 2.30. The fourth-order valence-electron chi connectivity index (χ4n) is 1.36. The van der Waals surface area contributed by atoms with Crippen LogP contribution in [0.3, 0.4) is 0 Å². The Morgan fingerprint density at radius 2 is 2.00 bits per heavy atom. The molecule has 0 unspecified atom stereocenters. The molecule has 1 aliphatic heterocycles. The lowest BCUT2D eigenvalue weighted by atomic mass is 10.0. The molecule has 1 aliphatic rings. The number of anilines is 1. The molecule has 1 amide bonds. The molecule has 0 aromatic heterocycles. The summed E-state index contributed by atoms with van der Waals surface area (Å²) in [6.07, 6.45) is -0.381. The largest absolute Gasteiger partial charge is 0.323 e. The van der Waals surface area contributed by atoms with Crippen molar-refractivity contribution >= 4 is 33.3 Å². The molecule has 0 spiro atoms. The summed E-state index contributed by atoms with van der Waals surface area (Å²) in [5.74, 6) is -3.01. The van der Waals surface area contributed by atoms with Gasteiger partial charge in [-0.2, -0.15) is 0 Å². The van der Waals surface area contributed by atoms with Crippen LogP contribution in [-0.4, -0.2) is 11.7 Å². The van der Waals surface area contributed by atoms with E-state index in [1.165, 1.54) is 0 Å². The number of carbonyl (C=O) groups excluding carboxylic acids is 2. The van der Waals surface area contributed by atoms with Gasteiger partial charge < -0.3 is 5.32 Å². The van der Waals surface area contributed by atoms with E-state index in [1.807, 2.05) is 0 Å². The van der Waals surface area contributed by atoms with Crippen molar-refractivity contribution in [2.45, 2.75) is 6.42 Å². The Morgan fingerprint density at radius 3 is 2.67 bits per heavy atom. The zero-order valence-electron chi connectivity index (χ0n) is 7.23. The third-order valence-corrected chi connectivity index (χ3v) is 2.78. The van der Waals surface area contributed by atoms with Crippen LogP contribution < -0.4 is 5.32 Å². The van der Waals surface area contributed by atoms with Gasteiger partial charge in [0.25, 0.3) is 0 Å². The molecule has 6 heteroatoms. The van der Waals surface area contributed by atoms with Crippen molar-refractivity contribution in [1.82, 2.24) is 0 Å². The Morgan fingerprint density at radius 1 is 1.33 bits per heavy atom. The number of ketones is 1. The molecule has 0 atom stereocenters. The van der Waals surface area contributed by atoms with E-state index in [0.29, 0.717) is 0 Å². The number of halogens is 3. The normalized spacial score (nSPS) is 14.9. The fourth-order valence-corrected chi connectivity index (χ4v) is 1.67. The van der Waals surface area contributed by atoms with E-state index in [0.717, 1.165) is 6.07 Å². The van der Waals surface area contributed by atoms with Gasteiger partial charge in [-0.25, -0.2) is 8.78 Å². The average molecular weight is 276 g/mol. The summed E-state index contributed by atoms with van der Waals surface area (Å²) in [6, 6.07) is 0.907. The minimum absolute atomic E-state index is 0.132. The maximum atomic E-state index is 13.4. The van der Waals surface area contributed by atoms with E-state index >= 15 is 0 Å². The predicted octanol–water partition coefficient (Wildman–Crippen LogP) is 2.25. The summed E-state index contributed by atoms with van der Waals surface area (Å²) < 4.78 is 26.1. The molecular formula is C9H4BrF2NO2. The standard InChI is InChI=1S/C9H4BrF2NO2/c10-7-4(11)1-3-5(14)2-6(15)13-9(3)8(7)12/h1H,2H2,(H,13,15). The summed E-state index contributed by atoms with van der Waals surface area (Å²) in [4.78, 5) is 22.3. The smallest absolute Gasteiger partial charge is 0.232 e. The molecule has 15 heavy (non-hydrogen) atoms. The van der Waals surface area contributed by atoms with Gasteiger partial charge in [0.1, 0.15) is 5.82 Å². The number of amides is 1. The maximum Gasteiger partial charge on any atom is 0.232 e. The van der Waals surface area contributed by atoms with E-state index in [-0.39, 0.29) is 17.7 Å². The Labute approximate surface area is 91.6 Å². The molecule has 0 aliphatic carbocycles. The van der Waals surface area contributed by atoms with Gasteiger partial charge in [0.05, 0.1) is 16.6 Å². The van der Waals surface area contributed by atoms with E-state index in [2.05, 4.69) is 21.2 Å². The molecular weight excluding hydrogens is 272 g/mol. The predicted molar refractivity (Wildman–Crippen MR) is 51.6 cm³/mol. The molecule has 78 valence electrons. The van der Waals surface area contributed by atoms with Gasteiger partial charge >= 0.3 is 0 Å². The summed E-state index contributed by atoms with van der Waals surface area (Å²) >= 11 is 2.69. The number of nitrogens with one attached hydrogen (secondary N) is 1. The summed E-state index contributed by atoms with van der Waals surface area (Å²) in [7, 11) is 0. The highest BCUT2D eigenvalue weighted by atomic mass is 79.9. The monoisotopic (exact) mass is 275 g/mol. The first-order valence-electron chi connectivity index (χ1n) is 4.01. The molecule has 0 fully saturated rings. The van der Waals surface area contributed by atoms with Crippen LogP contribution >= 0.6 is 15.9 Å².